The van der Waals surface area contributed by atoms with Crippen molar-refractivity contribution >= 4 is 23.2 Å². The molecule has 8 nitrogen and oxygen atoms in total. The molecule has 0 bridgehead atoms. The third-order valence-corrected chi connectivity index (χ3v) is 5.96. The van der Waals surface area contributed by atoms with Gasteiger partial charge in [-0.25, -0.2) is 9.97 Å². The summed E-state index contributed by atoms with van der Waals surface area (Å²) in [7, 11) is 1.63. The van der Waals surface area contributed by atoms with E-state index in [-0.39, 0.29) is 11.7 Å². The first kappa shape index (κ1) is 25.7. The van der Waals surface area contributed by atoms with E-state index in [9.17, 15) is 9.90 Å². The molecular weight excluding hydrogens is 466 g/mol. The molecule has 190 valence electrons. The molecule has 1 heterocycles. The van der Waals surface area contributed by atoms with Gasteiger partial charge in [0.2, 0.25) is 11.9 Å². The van der Waals surface area contributed by atoms with E-state index in [1.807, 2.05) is 80.6 Å². The van der Waals surface area contributed by atoms with Gasteiger partial charge in [-0.1, -0.05) is 13.8 Å². The highest BCUT2D eigenvalue weighted by Crippen LogP contribution is 2.28. The molecule has 8 heteroatoms. The lowest BCUT2D eigenvalue weighted by Crippen LogP contribution is -2.32. The van der Waals surface area contributed by atoms with Crippen LogP contribution in [0.1, 0.15) is 13.8 Å². The van der Waals surface area contributed by atoms with Gasteiger partial charge in [0.05, 0.1) is 25.0 Å². The van der Waals surface area contributed by atoms with Crippen LogP contribution in [-0.4, -0.2) is 52.6 Å². The summed E-state index contributed by atoms with van der Waals surface area (Å²) in [6.45, 7) is 6.09. The Kier molecular flexibility index (Phi) is 8.33. The van der Waals surface area contributed by atoms with Gasteiger partial charge in [0.25, 0.3) is 0 Å². The van der Waals surface area contributed by atoms with Crippen molar-refractivity contribution in [3.05, 3.63) is 78.9 Å². The van der Waals surface area contributed by atoms with E-state index in [1.54, 1.807) is 19.2 Å². The number of phenolic OH excluding ortho intramolecular Hbond substituents is 1. The monoisotopic (exact) mass is 497 g/mol. The minimum atomic E-state index is -0.0431. The Labute approximate surface area is 217 Å². The second-order valence-corrected chi connectivity index (χ2v) is 8.45. The van der Waals surface area contributed by atoms with Crippen molar-refractivity contribution in [2.75, 3.05) is 37.4 Å². The summed E-state index contributed by atoms with van der Waals surface area (Å²) in [4.78, 5) is 23.8. The zero-order valence-corrected chi connectivity index (χ0v) is 21.2. The fourth-order valence-corrected chi connectivity index (χ4v) is 3.81. The Hall–Kier alpha value is -4.43. The maximum atomic E-state index is 12.3. The molecule has 1 aromatic heterocycles. The Balaban J connectivity index is 1.57. The zero-order chi connectivity index (χ0) is 26.2. The molecule has 1 amide bonds. The number of aromatic hydroxyl groups is 1. The van der Waals surface area contributed by atoms with E-state index in [2.05, 4.69) is 15.5 Å². The SMILES string of the molecule is CCN(CC)CC(=O)Nc1ccc(Nc2nc(-c3ccc(O)cc3)cc(-c3ccc(OC)cc3)n2)cc1. The Morgan fingerprint density at radius 1 is 0.838 bits per heavy atom. The summed E-state index contributed by atoms with van der Waals surface area (Å²) in [5, 5.41) is 15.9. The van der Waals surface area contributed by atoms with Gasteiger partial charge in [0.15, 0.2) is 0 Å². The molecule has 37 heavy (non-hydrogen) atoms. The van der Waals surface area contributed by atoms with E-state index < -0.39 is 0 Å². The van der Waals surface area contributed by atoms with Crippen molar-refractivity contribution in [2.45, 2.75) is 13.8 Å². The second kappa shape index (κ2) is 12.0. The number of rotatable bonds is 10. The quantitative estimate of drug-likeness (QED) is 0.264. The van der Waals surface area contributed by atoms with Gasteiger partial charge in [-0.3, -0.25) is 9.69 Å². The van der Waals surface area contributed by atoms with Gasteiger partial charge in [0.1, 0.15) is 11.5 Å². The summed E-state index contributed by atoms with van der Waals surface area (Å²) in [5.74, 6) is 1.34. The summed E-state index contributed by atoms with van der Waals surface area (Å²) < 4.78 is 5.28. The molecule has 0 unspecified atom stereocenters. The number of hydrogen-bond donors (Lipinski definition) is 3. The first-order chi connectivity index (χ1) is 18.0. The highest BCUT2D eigenvalue weighted by Gasteiger charge is 2.11. The smallest absolute Gasteiger partial charge is 0.238 e. The van der Waals surface area contributed by atoms with Crippen molar-refractivity contribution in [3.63, 3.8) is 0 Å². The number of nitrogens with one attached hydrogen (secondary N) is 2. The number of amides is 1. The van der Waals surface area contributed by atoms with Crippen LogP contribution >= 0.6 is 0 Å². The van der Waals surface area contributed by atoms with E-state index in [1.165, 1.54) is 0 Å². The van der Waals surface area contributed by atoms with Crippen molar-refractivity contribution in [1.82, 2.24) is 14.9 Å². The number of carbonyl (C=O) groups excluding carboxylic acids is 1. The molecule has 0 aliphatic heterocycles. The van der Waals surface area contributed by atoms with Crippen molar-refractivity contribution < 1.29 is 14.6 Å². The van der Waals surface area contributed by atoms with Gasteiger partial charge in [-0.15, -0.1) is 0 Å². The summed E-state index contributed by atoms with van der Waals surface area (Å²) in [6, 6.07) is 23.9. The molecular formula is C29H31N5O3. The summed E-state index contributed by atoms with van der Waals surface area (Å²) in [6.07, 6.45) is 0. The fraction of sp³-hybridized carbons (Fsp3) is 0.207. The normalized spacial score (nSPS) is 10.8. The Bertz CT molecular complexity index is 1320. The van der Waals surface area contributed by atoms with Crippen LogP contribution in [0.2, 0.25) is 0 Å². The average Bonchev–Trinajstić information content (AvgIpc) is 2.93. The van der Waals surface area contributed by atoms with E-state index in [4.69, 9.17) is 14.7 Å². The van der Waals surface area contributed by atoms with Crippen LogP contribution < -0.4 is 15.4 Å². The van der Waals surface area contributed by atoms with E-state index in [0.29, 0.717) is 18.2 Å². The maximum Gasteiger partial charge on any atom is 0.238 e. The number of benzene rings is 3. The Morgan fingerprint density at radius 2 is 1.38 bits per heavy atom. The molecule has 0 aliphatic carbocycles. The second-order valence-electron chi connectivity index (χ2n) is 8.45. The third kappa shape index (κ3) is 6.83. The molecule has 4 rings (SSSR count). The summed E-state index contributed by atoms with van der Waals surface area (Å²) in [5.41, 5.74) is 4.72. The predicted octanol–water partition coefficient (Wildman–Crippen LogP) is 5.55. The van der Waals surface area contributed by atoms with Crippen molar-refractivity contribution in [2.24, 2.45) is 0 Å². The van der Waals surface area contributed by atoms with Crippen LogP contribution in [0.5, 0.6) is 11.5 Å². The lowest BCUT2D eigenvalue weighted by molar-refractivity contribution is -0.117. The van der Waals surface area contributed by atoms with Crippen molar-refractivity contribution in [3.8, 4) is 34.0 Å². The average molecular weight is 498 g/mol. The molecule has 0 radical (unpaired) electrons. The van der Waals surface area contributed by atoms with Crippen LogP contribution in [0.4, 0.5) is 17.3 Å². The van der Waals surface area contributed by atoms with Gasteiger partial charge in [0, 0.05) is 22.5 Å². The molecule has 0 atom stereocenters. The molecule has 3 N–H and O–H groups in total. The van der Waals surface area contributed by atoms with Crippen LogP contribution in [0.3, 0.4) is 0 Å². The number of carbonyl (C=O) groups is 1. The fourth-order valence-electron chi connectivity index (χ4n) is 3.81. The van der Waals surface area contributed by atoms with Gasteiger partial charge < -0.3 is 20.5 Å². The zero-order valence-electron chi connectivity index (χ0n) is 21.2. The number of phenols is 1. The number of methoxy groups -OCH3 is 1. The largest absolute Gasteiger partial charge is 0.508 e. The van der Waals surface area contributed by atoms with Gasteiger partial charge >= 0.3 is 0 Å². The summed E-state index contributed by atoms with van der Waals surface area (Å²) >= 11 is 0. The highest BCUT2D eigenvalue weighted by atomic mass is 16.5. The molecule has 4 aromatic rings. The highest BCUT2D eigenvalue weighted by molar-refractivity contribution is 5.92. The van der Waals surface area contributed by atoms with E-state index >= 15 is 0 Å². The van der Waals surface area contributed by atoms with Gasteiger partial charge in [-0.2, -0.15) is 0 Å². The van der Waals surface area contributed by atoms with Crippen LogP contribution in [0.25, 0.3) is 22.5 Å². The third-order valence-electron chi connectivity index (χ3n) is 5.96. The van der Waals surface area contributed by atoms with Crippen molar-refractivity contribution in [1.29, 1.82) is 0 Å². The first-order valence-electron chi connectivity index (χ1n) is 12.2. The lowest BCUT2D eigenvalue weighted by Gasteiger charge is -2.17. The number of hydrogen-bond acceptors (Lipinski definition) is 7. The standard InChI is InChI=1S/C29H31N5O3/c1-4-34(5-2)19-28(36)30-22-10-12-23(13-11-22)31-29-32-26(20-6-14-24(35)15-7-20)18-27(33-29)21-8-16-25(37-3)17-9-21/h6-18,35H,4-5,19H2,1-3H3,(H,30,36)(H,31,32,33). The molecule has 0 aliphatic rings. The predicted molar refractivity (Wildman–Crippen MR) is 147 cm³/mol. The number of ether oxygens (including phenoxy) is 1. The van der Waals surface area contributed by atoms with Crippen LogP contribution in [0.15, 0.2) is 78.9 Å². The number of aromatic nitrogens is 2. The van der Waals surface area contributed by atoms with E-state index in [0.717, 1.165) is 47.0 Å². The van der Waals surface area contributed by atoms with Gasteiger partial charge in [-0.05, 0) is 92.0 Å². The molecule has 0 fully saturated rings. The Morgan fingerprint density at radius 3 is 1.92 bits per heavy atom. The molecule has 0 spiro atoms. The number of anilines is 3. The minimum Gasteiger partial charge on any atom is -0.508 e. The number of likely N-dealkylation sites (N-methyl/N-ethyl adjacent to an activating group) is 1. The topological polar surface area (TPSA) is 99.6 Å². The maximum absolute atomic E-state index is 12.3. The molecule has 0 saturated heterocycles. The molecule has 3 aromatic carbocycles. The molecule has 0 saturated carbocycles. The number of nitrogens with zero attached hydrogens (tertiary/aromatic N) is 3. The lowest BCUT2D eigenvalue weighted by atomic mass is 10.1. The minimum absolute atomic E-state index is 0.0431. The van der Waals surface area contributed by atoms with Crippen LogP contribution in [-0.2, 0) is 4.79 Å². The first-order valence-corrected chi connectivity index (χ1v) is 12.2. The van der Waals surface area contributed by atoms with Crippen LogP contribution in [0, 0.1) is 0 Å².